The first-order valence-electron chi connectivity index (χ1n) is 13.2. The summed E-state index contributed by atoms with van der Waals surface area (Å²) >= 11 is 0. The van der Waals surface area contributed by atoms with Gasteiger partial charge in [-0.15, -0.1) is 0 Å². The number of hydrogen-bond donors (Lipinski definition) is 0. The molecular weight excluding hydrogens is 504 g/mol. The molecule has 8 nitrogen and oxygen atoms in total. The summed E-state index contributed by atoms with van der Waals surface area (Å²) in [5.41, 5.74) is 4.84. The van der Waals surface area contributed by atoms with E-state index in [9.17, 15) is 9.59 Å². The molecule has 2 atom stereocenters. The average molecular weight is 535 g/mol. The Bertz CT molecular complexity index is 1600. The van der Waals surface area contributed by atoms with Crippen LogP contribution in [0.5, 0.6) is 11.8 Å². The number of rotatable bonds is 6. The first kappa shape index (κ1) is 25.6. The van der Waals surface area contributed by atoms with E-state index in [0.717, 1.165) is 45.1 Å². The Balaban J connectivity index is 1.52. The lowest BCUT2D eigenvalue weighted by atomic mass is 9.69. The number of β-lactam (4-membered cyclic amide) rings is 1. The van der Waals surface area contributed by atoms with Crippen molar-refractivity contribution in [2.24, 2.45) is 0 Å². The fourth-order valence-corrected chi connectivity index (χ4v) is 5.86. The monoisotopic (exact) mass is 534 g/mol. The number of benzene rings is 3. The molecule has 2 aliphatic heterocycles. The van der Waals surface area contributed by atoms with E-state index in [2.05, 4.69) is 16.0 Å². The summed E-state index contributed by atoms with van der Waals surface area (Å²) < 4.78 is 11.7. The number of methoxy groups -OCH3 is 1. The number of hydrogen-bond acceptors (Lipinski definition) is 6. The Labute approximate surface area is 233 Å². The first-order valence-corrected chi connectivity index (χ1v) is 13.2. The second kappa shape index (κ2) is 9.79. The third kappa shape index (κ3) is 4.07. The maximum absolute atomic E-state index is 13.9. The summed E-state index contributed by atoms with van der Waals surface area (Å²) in [6.45, 7) is 5.99. The van der Waals surface area contributed by atoms with Crippen LogP contribution < -0.4 is 14.4 Å². The van der Waals surface area contributed by atoms with Gasteiger partial charge in [0.1, 0.15) is 17.8 Å². The summed E-state index contributed by atoms with van der Waals surface area (Å²) in [6, 6.07) is 25.4. The van der Waals surface area contributed by atoms with Crippen molar-refractivity contribution >= 4 is 17.5 Å². The highest BCUT2D eigenvalue weighted by molar-refractivity contribution is 6.04. The van der Waals surface area contributed by atoms with Crippen LogP contribution in [0.4, 0.5) is 5.69 Å². The van der Waals surface area contributed by atoms with Gasteiger partial charge in [0.25, 0.3) is 5.91 Å². The second-order valence-electron chi connectivity index (χ2n) is 10.3. The van der Waals surface area contributed by atoms with E-state index in [-0.39, 0.29) is 24.4 Å². The number of aryl methyl sites for hydroxylation is 3. The van der Waals surface area contributed by atoms with E-state index in [0.29, 0.717) is 6.54 Å². The van der Waals surface area contributed by atoms with Gasteiger partial charge in [0.2, 0.25) is 12.0 Å². The smallest absolute Gasteiger partial charge is 0.317 e. The fraction of sp³-hybridized carbons (Fsp3) is 0.250. The molecule has 0 unspecified atom stereocenters. The van der Waals surface area contributed by atoms with Crippen LogP contribution in [0.1, 0.15) is 33.6 Å². The predicted molar refractivity (Wildman–Crippen MR) is 150 cm³/mol. The van der Waals surface area contributed by atoms with Crippen LogP contribution >= 0.6 is 0 Å². The molecule has 4 aromatic rings. The molecule has 0 N–H and O–H groups in total. The molecule has 3 aromatic carbocycles. The van der Waals surface area contributed by atoms with Crippen LogP contribution in [0, 0.1) is 20.8 Å². The normalized spacial score (nSPS) is 19.9. The Morgan fingerprint density at radius 3 is 2.33 bits per heavy atom. The highest BCUT2D eigenvalue weighted by Crippen LogP contribution is 2.53. The number of carbonyl (C=O) groups excluding carboxylic acids is 2. The molecule has 1 aromatic heterocycles. The Morgan fingerprint density at radius 1 is 0.900 bits per heavy atom. The molecule has 6 rings (SSSR count). The zero-order valence-corrected chi connectivity index (χ0v) is 22.9. The summed E-state index contributed by atoms with van der Waals surface area (Å²) in [5, 5.41) is 0. The molecule has 0 saturated carbocycles. The topological polar surface area (TPSA) is 84.9 Å². The van der Waals surface area contributed by atoms with Crippen LogP contribution in [-0.2, 0) is 21.7 Å². The van der Waals surface area contributed by atoms with Crippen LogP contribution in [-0.4, -0.2) is 46.4 Å². The minimum absolute atomic E-state index is 0.0921. The Hall–Kier alpha value is -4.72. The maximum Gasteiger partial charge on any atom is 0.317 e. The van der Waals surface area contributed by atoms with Gasteiger partial charge in [-0.05, 0) is 56.2 Å². The van der Waals surface area contributed by atoms with E-state index in [1.165, 1.54) is 0 Å². The molecule has 2 amide bonds. The molecule has 2 aliphatic rings. The largest absolute Gasteiger partial charge is 0.497 e. The Kier molecular flexibility index (Phi) is 6.25. The van der Waals surface area contributed by atoms with E-state index in [1.54, 1.807) is 16.9 Å². The lowest BCUT2D eigenvalue weighted by molar-refractivity contribution is -0.178. The van der Waals surface area contributed by atoms with Crippen LogP contribution in [0.3, 0.4) is 0 Å². The van der Waals surface area contributed by atoms with Gasteiger partial charge in [0, 0.05) is 17.0 Å². The lowest BCUT2D eigenvalue weighted by Gasteiger charge is -2.55. The number of anilines is 1. The van der Waals surface area contributed by atoms with Crippen molar-refractivity contribution in [3.05, 3.63) is 113 Å². The molecule has 1 saturated heterocycles. The number of amides is 2. The number of fused-ring (bicyclic) bond motifs is 3. The molecule has 0 bridgehead atoms. The zero-order valence-electron chi connectivity index (χ0n) is 22.9. The van der Waals surface area contributed by atoms with E-state index < -0.39 is 11.6 Å². The van der Waals surface area contributed by atoms with Crippen molar-refractivity contribution in [3.63, 3.8) is 0 Å². The van der Waals surface area contributed by atoms with E-state index >= 15 is 0 Å². The van der Waals surface area contributed by atoms with Gasteiger partial charge in [-0.25, -0.2) is 9.97 Å². The standard InChI is InChI=1S/C32H30N4O4/c1-20-8-7-9-24(16-20)32-26-10-5-6-11-27(26)35(18-23-12-14-25(39-4)15-13-23)28(37)19-36(32)30(38)29(32)40-31-33-21(2)17-22(3)34-31/h5-17,29H,18-19H2,1-4H3/t29-,32+/m1/s1. The molecule has 0 aliphatic carbocycles. The molecule has 3 heterocycles. The molecule has 0 spiro atoms. The minimum Gasteiger partial charge on any atom is -0.497 e. The highest BCUT2D eigenvalue weighted by Gasteiger charge is 2.67. The quantitative estimate of drug-likeness (QED) is 0.339. The third-order valence-electron chi connectivity index (χ3n) is 7.64. The van der Waals surface area contributed by atoms with Crippen molar-refractivity contribution in [1.29, 1.82) is 0 Å². The molecule has 40 heavy (non-hydrogen) atoms. The van der Waals surface area contributed by atoms with Gasteiger partial charge < -0.3 is 19.3 Å². The molecular formula is C32H30N4O4. The van der Waals surface area contributed by atoms with Crippen molar-refractivity contribution in [2.45, 2.75) is 39.0 Å². The van der Waals surface area contributed by atoms with Crippen LogP contribution in [0.2, 0.25) is 0 Å². The van der Waals surface area contributed by atoms with Gasteiger partial charge in [0.05, 0.1) is 19.3 Å². The molecule has 0 radical (unpaired) electrons. The maximum atomic E-state index is 13.9. The number of nitrogens with zero attached hydrogens (tertiary/aromatic N) is 4. The second-order valence-corrected chi connectivity index (χ2v) is 10.3. The number of aromatic nitrogens is 2. The van der Waals surface area contributed by atoms with Gasteiger partial charge in [-0.2, -0.15) is 0 Å². The summed E-state index contributed by atoms with van der Waals surface area (Å²) in [5.74, 6) is 0.291. The number of carbonyl (C=O) groups is 2. The third-order valence-corrected chi connectivity index (χ3v) is 7.64. The van der Waals surface area contributed by atoms with E-state index in [4.69, 9.17) is 9.47 Å². The summed E-state index contributed by atoms with van der Waals surface area (Å²) in [6.07, 6.45) is -0.953. The van der Waals surface area contributed by atoms with Crippen LogP contribution in [0.25, 0.3) is 0 Å². The molecule has 1 fully saturated rings. The fourth-order valence-electron chi connectivity index (χ4n) is 5.86. The SMILES string of the molecule is COc1ccc(CN2C(=O)CN3C(=O)[C@@H](Oc4nc(C)cc(C)n4)[C@]3(c3cccc(C)c3)c3ccccc32)cc1. The van der Waals surface area contributed by atoms with Gasteiger partial charge in [-0.1, -0.05) is 60.2 Å². The van der Waals surface area contributed by atoms with E-state index in [1.807, 2.05) is 93.6 Å². The summed E-state index contributed by atoms with van der Waals surface area (Å²) in [4.78, 5) is 40.0. The first-order chi connectivity index (χ1) is 19.3. The molecule has 202 valence electrons. The number of ether oxygens (including phenoxy) is 2. The van der Waals surface area contributed by atoms with Gasteiger partial charge in [0.15, 0.2) is 0 Å². The predicted octanol–water partition coefficient (Wildman–Crippen LogP) is 4.49. The lowest BCUT2D eigenvalue weighted by Crippen LogP contribution is -2.74. The Morgan fingerprint density at radius 2 is 1.62 bits per heavy atom. The summed E-state index contributed by atoms with van der Waals surface area (Å²) in [7, 11) is 1.62. The zero-order chi connectivity index (χ0) is 28.0. The van der Waals surface area contributed by atoms with Gasteiger partial charge in [-0.3, -0.25) is 9.59 Å². The van der Waals surface area contributed by atoms with Crippen molar-refractivity contribution in [3.8, 4) is 11.8 Å². The highest BCUT2D eigenvalue weighted by atomic mass is 16.5. The van der Waals surface area contributed by atoms with Crippen molar-refractivity contribution in [2.75, 3.05) is 18.6 Å². The molecule has 8 heteroatoms. The van der Waals surface area contributed by atoms with Crippen molar-refractivity contribution in [1.82, 2.24) is 14.9 Å². The van der Waals surface area contributed by atoms with Gasteiger partial charge >= 0.3 is 6.01 Å². The number of para-hydroxylation sites is 1. The average Bonchev–Trinajstić information content (AvgIpc) is 3.03. The van der Waals surface area contributed by atoms with Crippen LogP contribution in [0.15, 0.2) is 78.9 Å². The van der Waals surface area contributed by atoms with Crippen molar-refractivity contribution < 1.29 is 19.1 Å². The minimum atomic E-state index is -1.05.